The lowest BCUT2D eigenvalue weighted by Crippen LogP contribution is -2.37. The Hall–Kier alpha value is -3.12. The van der Waals surface area contributed by atoms with E-state index in [-0.39, 0.29) is 30.6 Å². The summed E-state index contributed by atoms with van der Waals surface area (Å²) in [6, 6.07) is 16.8. The molecular weight excluding hydrogens is 392 g/mol. The molecule has 1 aliphatic rings. The maximum absolute atomic E-state index is 13.3. The average Bonchev–Trinajstić information content (AvgIpc) is 2.98. The number of imide groups is 1. The van der Waals surface area contributed by atoms with Gasteiger partial charge in [0.1, 0.15) is 11.4 Å². The van der Waals surface area contributed by atoms with E-state index in [1.807, 2.05) is 82.3 Å². The number of anilines is 1. The maximum Gasteiger partial charge on any atom is 0.278 e. The van der Waals surface area contributed by atoms with Gasteiger partial charge in [0.2, 0.25) is 0 Å². The quantitative estimate of drug-likeness (QED) is 0.569. The minimum Gasteiger partial charge on any atom is -0.491 e. The molecule has 0 unspecified atom stereocenters. The van der Waals surface area contributed by atoms with Crippen molar-refractivity contribution in [1.29, 1.82) is 0 Å². The summed E-state index contributed by atoms with van der Waals surface area (Å²) in [6.45, 7) is 8.27. The summed E-state index contributed by atoms with van der Waals surface area (Å²) in [5, 5.41) is 0. The zero-order valence-electron chi connectivity index (χ0n) is 18.8. The van der Waals surface area contributed by atoms with Gasteiger partial charge in [-0.05, 0) is 57.5 Å². The van der Waals surface area contributed by atoms with Crippen molar-refractivity contribution in [2.75, 3.05) is 25.1 Å². The SMILES string of the molecule is CC(C)OCCN1C(=O)C(c2ccc(OC(C)C)cc2)=C(N(C)c2ccccc2)C1=O. The number of hydrogen-bond donors (Lipinski definition) is 0. The van der Waals surface area contributed by atoms with Crippen molar-refractivity contribution in [1.82, 2.24) is 4.90 Å². The Balaban J connectivity index is 1.99. The Morgan fingerprint density at radius 1 is 0.871 bits per heavy atom. The molecule has 31 heavy (non-hydrogen) atoms. The summed E-state index contributed by atoms with van der Waals surface area (Å²) < 4.78 is 11.3. The third-order valence-corrected chi connectivity index (χ3v) is 4.90. The van der Waals surface area contributed by atoms with Gasteiger partial charge in [-0.3, -0.25) is 14.5 Å². The van der Waals surface area contributed by atoms with Gasteiger partial charge in [-0.15, -0.1) is 0 Å². The first-order chi connectivity index (χ1) is 14.8. The number of nitrogens with zero attached hydrogens (tertiary/aromatic N) is 2. The van der Waals surface area contributed by atoms with E-state index in [0.717, 1.165) is 11.4 Å². The normalized spacial score (nSPS) is 14.2. The highest BCUT2D eigenvalue weighted by Crippen LogP contribution is 2.34. The van der Waals surface area contributed by atoms with E-state index in [1.165, 1.54) is 4.90 Å². The van der Waals surface area contributed by atoms with Crippen LogP contribution in [-0.2, 0) is 14.3 Å². The molecule has 3 rings (SSSR count). The van der Waals surface area contributed by atoms with Crippen molar-refractivity contribution in [2.45, 2.75) is 39.9 Å². The molecule has 1 aliphatic heterocycles. The number of carbonyl (C=O) groups excluding carboxylic acids is 2. The van der Waals surface area contributed by atoms with E-state index in [2.05, 4.69) is 0 Å². The molecule has 2 aromatic rings. The Bertz CT molecular complexity index is 949. The van der Waals surface area contributed by atoms with Gasteiger partial charge in [0.15, 0.2) is 0 Å². The van der Waals surface area contributed by atoms with Crippen LogP contribution in [0.25, 0.3) is 5.57 Å². The number of carbonyl (C=O) groups is 2. The number of benzene rings is 2. The number of rotatable bonds is 9. The molecule has 0 saturated heterocycles. The van der Waals surface area contributed by atoms with Crippen LogP contribution in [0.15, 0.2) is 60.3 Å². The van der Waals surface area contributed by atoms with Gasteiger partial charge >= 0.3 is 0 Å². The lowest BCUT2D eigenvalue weighted by atomic mass is 10.0. The summed E-state index contributed by atoms with van der Waals surface area (Å²) in [5.74, 6) is 0.0881. The van der Waals surface area contributed by atoms with Gasteiger partial charge in [-0.25, -0.2) is 0 Å². The third-order valence-electron chi connectivity index (χ3n) is 4.90. The number of para-hydroxylation sites is 1. The molecule has 164 valence electrons. The fraction of sp³-hybridized carbons (Fsp3) is 0.360. The first-order valence-corrected chi connectivity index (χ1v) is 10.6. The zero-order chi connectivity index (χ0) is 22.5. The van der Waals surface area contributed by atoms with Crippen molar-refractivity contribution in [3.8, 4) is 5.75 Å². The van der Waals surface area contributed by atoms with Crippen LogP contribution < -0.4 is 9.64 Å². The van der Waals surface area contributed by atoms with Gasteiger partial charge in [0.25, 0.3) is 11.8 Å². The number of amides is 2. The Kier molecular flexibility index (Phi) is 7.13. The first kappa shape index (κ1) is 22.6. The molecule has 0 atom stereocenters. The van der Waals surface area contributed by atoms with Crippen LogP contribution in [0.1, 0.15) is 33.3 Å². The molecule has 1 heterocycles. The van der Waals surface area contributed by atoms with Crippen LogP contribution in [0.5, 0.6) is 5.75 Å². The van der Waals surface area contributed by atoms with Crippen LogP contribution in [-0.4, -0.2) is 49.1 Å². The fourth-order valence-electron chi connectivity index (χ4n) is 3.47. The number of ether oxygens (including phenoxy) is 2. The van der Waals surface area contributed by atoms with E-state index in [4.69, 9.17) is 9.47 Å². The summed E-state index contributed by atoms with van der Waals surface area (Å²) in [4.78, 5) is 29.7. The van der Waals surface area contributed by atoms with Crippen molar-refractivity contribution >= 4 is 23.1 Å². The number of hydrogen-bond acceptors (Lipinski definition) is 5. The van der Waals surface area contributed by atoms with E-state index >= 15 is 0 Å². The van der Waals surface area contributed by atoms with Crippen LogP contribution in [0.2, 0.25) is 0 Å². The van der Waals surface area contributed by atoms with Crippen LogP contribution in [0.3, 0.4) is 0 Å². The standard InChI is InChI=1S/C25H30N2O4/c1-17(2)30-16-15-27-24(28)22(19-11-13-21(14-12-19)31-18(3)4)23(25(27)29)26(5)20-9-7-6-8-10-20/h6-14,17-18H,15-16H2,1-5H3. The zero-order valence-corrected chi connectivity index (χ0v) is 18.8. The second kappa shape index (κ2) is 9.79. The largest absolute Gasteiger partial charge is 0.491 e. The summed E-state index contributed by atoms with van der Waals surface area (Å²) in [6.07, 6.45) is 0.0798. The molecule has 6 heteroatoms. The third kappa shape index (κ3) is 5.14. The molecule has 0 saturated carbocycles. The van der Waals surface area contributed by atoms with Crippen LogP contribution >= 0.6 is 0 Å². The van der Waals surface area contributed by atoms with Crippen molar-refractivity contribution in [3.63, 3.8) is 0 Å². The smallest absolute Gasteiger partial charge is 0.278 e. The predicted octanol–water partition coefficient (Wildman–Crippen LogP) is 4.12. The van der Waals surface area contributed by atoms with E-state index in [0.29, 0.717) is 23.4 Å². The Labute approximate surface area is 184 Å². The fourth-order valence-corrected chi connectivity index (χ4v) is 3.47. The molecule has 0 N–H and O–H groups in total. The molecule has 6 nitrogen and oxygen atoms in total. The molecule has 0 aromatic heterocycles. The highest BCUT2D eigenvalue weighted by Gasteiger charge is 2.40. The molecule has 0 bridgehead atoms. The Morgan fingerprint density at radius 2 is 1.52 bits per heavy atom. The minimum absolute atomic E-state index is 0.0280. The van der Waals surface area contributed by atoms with Crippen molar-refractivity contribution in [2.24, 2.45) is 0 Å². The van der Waals surface area contributed by atoms with Crippen molar-refractivity contribution in [3.05, 3.63) is 65.9 Å². The second-order valence-corrected chi connectivity index (χ2v) is 7.99. The van der Waals surface area contributed by atoms with Gasteiger partial charge < -0.3 is 14.4 Å². The van der Waals surface area contributed by atoms with E-state index in [1.54, 1.807) is 11.9 Å². The van der Waals surface area contributed by atoms with Gasteiger partial charge in [-0.2, -0.15) is 0 Å². The maximum atomic E-state index is 13.3. The molecular formula is C25H30N2O4. The van der Waals surface area contributed by atoms with Crippen LogP contribution in [0.4, 0.5) is 5.69 Å². The molecule has 0 fully saturated rings. The predicted molar refractivity (Wildman–Crippen MR) is 122 cm³/mol. The highest BCUT2D eigenvalue weighted by molar-refractivity contribution is 6.36. The molecule has 0 aliphatic carbocycles. The average molecular weight is 423 g/mol. The Morgan fingerprint density at radius 3 is 2.10 bits per heavy atom. The monoisotopic (exact) mass is 422 g/mol. The molecule has 0 radical (unpaired) electrons. The highest BCUT2D eigenvalue weighted by atomic mass is 16.5. The van der Waals surface area contributed by atoms with Gasteiger partial charge in [-0.1, -0.05) is 30.3 Å². The molecule has 0 spiro atoms. The number of likely N-dealkylation sites (N-methyl/N-ethyl adjacent to an activating group) is 1. The second-order valence-electron chi connectivity index (χ2n) is 7.99. The van der Waals surface area contributed by atoms with Gasteiger partial charge in [0, 0.05) is 12.7 Å². The molecule has 2 aromatic carbocycles. The van der Waals surface area contributed by atoms with E-state index in [9.17, 15) is 9.59 Å². The van der Waals surface area contributed by atoms with Gasteiger partial charge in [0.05, 0.1) is 30.9 Å². The summed E-state index contributed by atoms with van der Waals surface area (Å²) in [7, 11) is 1.81. The lowest BCUT2D eigenvalue weighted by molar-refractivity contribution is -0.138. The summed E-state index contributed by atoms with van der Waals surface area (Å²) >= 11 is 0. The lowest BCUT2D eigenvalue weighted by Gasteiger charge is -2.21. The molecule has 2 amide bonds. The summed E-state index contributed by atoms with van der Waals surface area (Å²) in [5.41, 5.74) is 2.26. The topological polar surface area (TPSA) is 59.1 Å². The first-order valence-electron chi connectivity index (χ1n) is 10.6. The van der Waals surface area contributed by atoms with Crippen molar-refractivity contribution < 1.29 is 19.1 Å². The van der Waals surface area contributed by atoms with E-state index < -0.39 is 0 Å². The minimum atomic E-state index is -0.318. The van der Waals surface area contributed by atoms with Crippen LogP contribution in [0, 0.1) is 0 Å².